The van der Waals surface area contributed by atoms with Crippen LogP contribution in [0.5, 0.6) is 5.75 Å². The second-order valence-electron chi connectivity index (χ2n) is 6.38. The number of nitrogens with one attached hydrogen (secondary N) is 1. The third kappa shape index (κ3) is 3.70. The van der Waals surface area contributed by atoms with Crippen LogP contribution in [0.3, 0.4) is 0 Å². The molecule has 1 N–H and O–H groups in total. The number of rotatable bonds is 5. The van der Waals surface area contributed by atoms with Crippen molar-refractivity contribution in [1.82, 2.24) is 10.3 Å². The third-order valence-corrected chi connectivity index (χ3v) is 3.94. The quantitative estimate of drug-likeness (QED) is 0.922. The van der Waals surface area contributed by atoms with Crippen LogP contribution >= 0.6 is 0 Å². The van der Waals surface area contributed by atoms with Crippen molar-refractivity contribution < 1.29 is 9.53 Å². The number of carbonyl (C=O) groups is 1. The summed E-state index contributed by atoms with van der Waals surface area (Å²) in [5.41, 5.74) is 3.38. The van der Waals surface area contributed by atoms with Crippen molar-refractivity contribution in [3.8, 4) is 16.9 Å². The number of pyridine rings is 1. The normalized spacial score (nSPS) is 16.0. The van der Waals surface area contributed by atoms with Crippen LogP contribution in [-0.2, 0) is 11.2 Å². The molecule has 2 heterocycles. The highest BCUT2D eigenvalue weighted by Gasteiger charge is 2.26. The molecule has 4 nitrogen and oxygen atoms in total. The van der Waals surface area contributed by atoms with E-state index in [1.54, 1.807) is 12.4 Å². The van der Waals surface area contributed by atoms with Gasteiger partial charge in [-0.1, -0.05) is 32.0 Å². The number of fused-ring (bicyclic) bond motifs is 1. The maximum absolute atomic E-state index is 11.8. The molecular weight excluding hydrogens is 288 g/mol. The number of hydrogen-bond acceptors (Lipinski definition) is 3. The Bertz CT molecular complexity index is 683. The van der Waals surface area contributed by atoms with E-state index >= 15 is 0 Å². The summed E-state index contributed by atoms with van der Waals surface area (Å²) in [4.78, 5) is 15.9. The summed E-state index contributed by atoms with van der Waals surface area (Å²) in [6.45, 7) is 4.64. The maximum atomic E-state index is 11.8. The van der Waals surface area contributed by atoms with E-state index in [0.717, 1.165) is 23.3 Å². The Labute approximate surface area is 136 Å². The molecule has 0 fully saturated rings. The Balaban J connectivity index is 1.68. The minimum atomic E-state index is 0.00380. The van der Waals surface area contributed by atoms with Gasteiger partial charge in [0.2, 0.25) is 5.91 Å². The Kier molecular flexibility index (Phi) is 4.60. The van der Waals surface area contributed by atoms with E-state index in [0.29, 0.717) is 18.9 Å². The molecular formula is C19H22N2O2. The molecule has 1 aliphatic rings. The lowest BCUT2D eigenvalue weighted by Crippen LogP contribution is -2.34. The van der Waals surface area contributed by atoms with Gasteiger partial charge >= 0.3 is 0 Å². The summed E-state index contributed by atoms with van der Waals surface area (Å²) in [5.74, 6) is 1.39. The summed E-state index contributed by atoms with van der Waals surface area (Å²) in [6.07, 6.45) is 4.96. The van der Waals surface area contributed by atoms with Crippen LogP contribution < -0.4 is 10.1 Å². The molecule has 0 saturated carbocycles. The van der Waals surface area contributed by atoms with E-state index in [-0.39, 0.29) is 12.0 Å². The number of hydrogen-bond donors (Lipinski definition) is 1. The second kappa shape index (κ2) is 6.82. The lowest BCUT2D eigenvalue weighted by Gasteiger charge is -2.14. The summed E-state index contributed by atoms with van der Waals surface area (Å²) in [6, 6.07) is 10.2. The van der Waals surface area contributed by atoms with E-state index in [2.05, 4.69) is 28.5 Å². The molecule has 1 atom stereocenters. The average molecular weight is 310 g/mol. The monoisotopic (exact) mass is 310 g/mol. The fourth-order valence-electron chi connectivity index (χ4n) is 2.88. The predicted octanol–water partition coefficient (Wildman–Crippen LogP) is 3.21. The van der Waals surface area contributed by atoms with Gasteiger partial charge in [-0.2, -0.15) is 0 Å². The molecule has 1 aliphatic heterocycles. The molecule has 0 saturated heterocycles. The first kappa shape index (κ1) is 15.5. The zero-order valence-electron chi connectivity index (χ0n) is 13.6. The highest BCUT2D eigenvalue weighted by atomic mass is 16.5. The van der Waals surface area contributed by atoms with Gasteiger partial charge in [-0.25, -0.2) is 0 Å². The van der Waals surface area contributed by atoms with Crippen molar-refractivity contribution in [3.05, 3.63) is 48.3 Å². The molecule has 0 bridgehead atoms. The van der Waals surface area contributed by atoms with Crippen LogP contribution in [0, 0.1) is 5.92 Å². The van der Waals surface area contributed by atoms with E-state index in [1.807, 2.05) is 26.0 Å². The molecule has 0 spiro atoms. The van der Waals surface area contributed by atoms with Crippen LogP contribution in [0.25, 0.3) is 11.1 Å². The van der Waals surface area contributed by atoms with Crippen molar-refractivity contribution in [3.63, 3.8) is 0 Å². The van der Waals surface area contributed by atoms with Gasteiger partial charge in [-0.05, 0) is 29.2 Å². The van der Waals surface area contributed by atoms with E-state index in [9.17, 15) is 4.79 Å². The molecule has 0 aliphatic carbocycles. The van der Waals surface area contributed by atoms with Crippen molar-refractivity contribution in [2.75, 3.05) is 6.54 Å². The van der Waals surface area contributed by atoms with E-state index in [1.165, 1.54) is 5.56 Å². The van der Waals surface area contributed by atoms with Gasteiger partial charge in [-0.15, -0.1) is 0 Å². The van der Waals surface area contributed by atoms with Crippen LogP contribution in [0.4, 0.5) is 0 Å². The highest BCUT2D eigenvalue weighted by molar-refractivity contribution is 5.76. The third-order valence-electron chi connectivity index (χ3n) is 3.94. The van der Waals surface area contributed by atoms with Gasteiger partial charge in [0.25, 0.3) is 0 Å². The van der Waals surface area contributed by atoms with Gasteiger partial charge < -0.3 is 10.1 Å². The van der Waals surface area contributed by atoms with Gasteiger partial charge in [0.1, 0.15) is 11.9 Å². The summed E-state index contributed by atoms with van der Waals surface area (Å²) < 4.78 is 6.11. The molecule has 1 amide bonds. The van der Waals surface area contributed by atoms with Crippen molar-refractivity contribution >= 4 is 5.91 Å². The molecule has 120 valence electrons. The molecule has 0 radical (unpaired) electrons. The van der Waals surface area contributed by atoms with Gasteiger partial charge in [0.15, 0.2) is 0 Å². The summed E-state index contributed by atoms with van der Waals surface area (Å²) in [7, 11) is 0. The predicted molar refractivity (Wildman–Crippen MR) is 90.3 cm³/mol. The molecule has 1 aromatic carbocycles. The van der Waals surface area contributed by atoms with E-state index in [4.69, 9.17) is 4.74 Å². The number of aromatic nitrogens is 1. The van der Waals surface area contributed by atoms with Crippen LogP contribution in [0.2, 0.25) is 0 Å². The molecule has 23 heavy (non-hydrogen) atoms. The molecule has 3 rings (SSSR count). The Morgan fingerprint density at radius 2 is 2.09 bits per heavy atom. The number of carbonyl (C=O) groups excluding carboxylic acids is 1. The van der Waals surface area contributed by atoms with Crippen LogP contribution in [0.1, 0.15) is 25.8 Å². The fourth-order valence-corrected chi connectivity index (χ4v) is 2.88. The molecule has 4 heteroatoms. The average Bonchev–Trinajstić information content (AvgIpc) is 2.96. The van der Waals surface area contributed by atoms with Crippen molar-refractivity contribution in [2.24, 2.45) is 5.92 Å². The fraction of sp³-hybridized carbons (Fsp3) is 0.368. The summed E-state index contributed by atoms with van der Waals surface area (Å²) in [5, 5.41) is 2.98. The first-order valence-electron chi connectivity index (χ1n) is 8.09. The van der Waals surface area contributed by atoms with Crippen LogP contribution in [0.15, 0.2) is 42.7 Å². The van der Waals surface area contributed by atoms with Gasteiger partial charge in [0.05, 0.1) is 6.54 Å². The Hall–Kier alpha value is -2.36. The lowest BCUT2D eigenvalue weighted by molar-refractivity contribution is -0.122. The first-order chi connectivity index (χ1) is 11.1. The molecule has 0 unspecified atom stereocenters. The number of nitrogens with zero attached hydrogens (tertiary/aromatic N) is 1. The number of benzene rings is 1. The molecule has 2 aromatic rings. The smallest absolute Gasteiger partial charge is 0.220 e. The summed E-state index contributed by atoms with van der Waals surface area (Å²) >= 11 is 0. The Morgan fingerprint density at radius 1 is 1.30 bits per heavy atom. The zero-order valence-corrected chi connectivity index (χ0v) is 13.6. The largest absolute Gasteiger partial charge is 0.487 e. The van der Waals surface area contributed by atoms with Crippen molar-refractivity contribution in [1.29, 1.82) is 0 Å². The van der Waals surface area contributed by atoms with E-state index < -0.39 is 0 Å². The maximum Gasteiger partial charge on any atom is 0.220 e. The van der Waals surface area contributed by atoms with Gasteiger partial charge in [0, 0.05) is 30.8 Å². The number of ether oxygens (including phenoxy) is 1. The lowest BCUT2D eigenvalue weighted by atomic mass is 10.0. The first-order valence-corrected chi connectivity index (χ1v) is 8.09. The standard InChI is InChI=1S/C19H22N2O2/c1-13(2)10-18(22)21-12-16-11-15-4-3-5-17(19(15)23-16)14-6-8-20-9-7-14/h3-9,13,16H,10-12H2,1-2H3,(H,21,22)/t16-/m1/s1. The minimum absolute atomic E-state index is 0.00380. The minimum Gasteiger partial charge on any atom is -0.487 e. The number of para-hydroxylation sites is 1. The van der Waals surface area contributed by atoms with Crippen molar-refractivity contribution in [2.45, 2.75) is 32.8 Å². The van der Waals surface area contributed by atoms with Gasteiger partial charge in [-0.3, -0.25) is 9.78 Å². The SMILES string of the molecule is CC(C)CC(=O)NC[C@H]1Cc2cccc(-c3ccncc3)c2O1. The highest BCUT2D eigenvalue weighted by Crippen LogP contribution is 2.38. The topological polar surface area (TPSA) is 51.2 Å². The van der Waals surface area contributed by atoms with Crippen LogP contribution in [-0.4, -0.2) is 23.5 Å². The second-order valence-corrected chi connectivity index (χ2v) is 6.38. The number of amides is 1. The molecule has 1 aromatic heterocycles. The zero-order chi connectivity index (χ0) is 16.2. The Morgan fingerprint density at radius 3 is 2.83 bits per heavy atom.